The van der Waals surface area contributed by atoms with Crippen LogP contribution in [0.5, 0.6) is 0 Å². The molecule has 118 valence electrons. The fourth-order valence-corrected chi connectivity index (χ4v) is 2.84. The number of aromatic nitrogens is 2. The lowest BCUT2D eigenvalue weighted by molar-refractivity contribution is -0.185. The molecule has 22 heavy (non-hydrogen) atoms. The van der Waals surface area contributed by atoms with Crippen LogP contribution in [0, 0.1) is 5.92 Å². The molecule has 0 radical (unpaired) electrons. The van der Waals surface area contributed by atoms with E-state index in [0.29, 0.717) is 19.1 Å². The maximum absolute atomic E-state index is 6.33. The zero-order valence-electron chi connectivity index (χ0n) is 13.3. The van der Waals surface area contributed by atoms with Crippen molar-refractivity contribution in [1.82, 2.24) is 9.55 Å². The highest BCUT2D eigenvalue weighted by Gasteiger charge is 2.42. The summed E-state index contributed by atoms with van der Waals surface area (Å²) in [6.45, 7) is 5.71. The second-order valence-corrected chi connectivity index (χ2v) is 6.34. The Labute approximate surface area is 132 Å². The summed E-state index contributed by atoms with van der Waals surface area (Å²) < 4.78 is 14.5. The second kappa shape index (κ2) is 6.63. The first-order valence-corrected chi connectivity index (χ1v) is 7.98. The molecular formula is C18H24N2O2. The van der Waals surface area contributed by atoms with E-state index < -0.39 is 5.79 Å². The van der Waals surface area contributed by atoms with E-state index in [1.807, 2.05) is 23.2 Å². The van der Waals surface area contributed by atoms with E-state index in [4.69, 9.17) is 9.47 Å². The van der Waals surface area contributed by atoms with Gasteiger partial charge in [0.25, 0.3) is 0 Å². The summed E-state index contributed by atoms with van der Waals surface area (Å²) in [5.74, 6) is -0.0905. The van der Waals surface area contributed by atoms with Crippen molar-refractivity contribution in [3.63, 3.8) is 0 Å². The van der Waals surface area contributed by atoms with E-state index in [-0.39, 0.29) is 6.10 Å². The predicted molar refractivity (Wildman–Crippen MR) is 85.4 cm³/mol. The van der Waals surface area contributed by atoms with Crippen molar-refractivity contribution in [2.45, 2.75) is 45.1 Å². The Morgan fingerprint density at radius 2 is 2.14 bits per heavy atom. The highest BCUT2D eigenvalue weighted by atomic mass is 16.7. The summed E-state index contributed by atoms with van der Waals surface area (Å²) >= 11 is 0. The molecule has 0 N–H and O–H groups in total. The molecule has 1 aliphatic rings. The Bertz CT molecular complexity index is 568. The van der Waals surface area contributed by atoms with Gasteiger partial charge in [-0.1, -0.05) is 44.2 Å². The van der Waals surface area contributed by atoms with Crippen molar-refractivity contribution < 1.29 is 9.47 Å². The van der Waals surface area contributed by atoms with E-state index in [2.05, 4.69) is 43.1 Å². The van der Waals surface area contributed by atoms with Crippen LogP contribution in [0.1, 0.15) is 25.8 Å². The van der Waals surface area contributed by atoms with Gasteiger partial charge in [-0.05, 0) is 17.9 Å². The summed E-state index contributed by atoms with van der Waals surface area (Å²) in [6, 6.07) is 10.5. The zero-order valence-corrected chi connectivity index (χ0v) is 13.3. The van der Waals surface area contributed by atoms with Crippen LogP contribution in [-0.4, -0.2) is 28.0 Å². The minimum atomic E-state index is -0.550. The van der Waals surface area contributed by atoms with Crippen LogP contribution in [0.25, 0.3) is 0 Å². The smallest absolute Gasteiger partial charge is 0.187 e. The minimum Gasteiger partial charge on any atom is -0.345 e. The van der Waals surface area contributed by atoms with Crippen LogP contribution in [0.15, 0.2) is 49.1 Å². The van der Waals surface area contributed by atoms with Crippen LogP contribution in [0.3, 0.4) is 0 Å². The number of benzene rings is 1. The van der Waals surface area contributed by atoms with Crippen LogP contribution in [0.2, 0.25) is 0 Å². The van der Waals surface area contributed by atoms with Crippen LogP contribution in [0.4, 0.5) is 0 Å². The first kappa shape index (κ1) is 15.3. The summed E-state index contributed by atoms with van der Waals surface area (Å²) in [4.78, 5) is 4.12. The Hall–Kier alpha value is -1.65. The molecule has 2 unspecified atom stereocenters. The fraction of sp³-hybridized carbons (Fsp3) is 0.500. The number of hydrogen-bond acceptors (Lipinski definition) is 3. The lowest BCUT2D eigenvalue weighted by atomic mass is 10.0. The van der Waals surface area contributed by atoms with Crippen molar-refractivity contribution in [3.05, 3.63) is 54.6 Å². The largest absolute Gasteiger partial charge is 0.345 e. The molecule has 1 saturated heterocycles. The molecule has 1 aliphatic heterocycles. The lowest BCUT2D eigenvalue weighted by Gasteiger charge is -2.29. The molecule has 0 saturated carbocycles. The zero-order chi connectivity index (χ0) is 15.4. The summed E-state index contributed by atoms with van der Waals surface area (Å²) in [5, 5.41) is 0. The lowest BCUT2D eigenvalue weighted by Crippen LogP contribution is -2.37. The molecule has 2 aromatic rings. The van der Waals surface area contributed by atoms with E-state index in [0.717, 1.165) is 12.8 Å². The van der Waals surface area contributed by atoms with E-state index in [9.17, 15) is 0 Å². The van der Waals surface area contributed by atoms with E-state index >= 15 is 0 Å². The van der Waals surface area contributed by atoms with Gasteiger partial charge >= 0.3 is 0 Å². The van der Waals surface area contributed by atoms with Gasteiger partial charge in [0.15, 0.2) is 5.79 Å². The van der Waals surface area contributed by atoms with E-state index in [1.165, 1.54) is 5.56 Å². The van der Waals surface area contributed by atoms with Gasteiger partial charge in [0.2, 0.25) is 0 Å². The molecule has 1 fully saturated rings. The Kier molecular flexibility index (Phi) is 4.60. The molecule has 0 spiro atoms. The highest BCUT2D eigenvalue weighted by molar-refractivity contribution is 5.15. The van der Waals surface area contributed by atoms with Gasteiger partial charge in [-0.25, -0.2) is 4.98 Å². The molecule has 1 aromatic heterocycles. The van der Waals surface area contributed by atoms with E-state index in [1.54, 1.807) is 6.20 Å². The predicted octanol–water partition coefficient (Wildman–Crippen LogP) is 3.28. The Morgan fingerprint density at radius 3 is 2.77 bits per heavy atom. The number of imidazole rings is 1. The summed E-state index contributed by atoms with van der Waals surface area (Å²) in [6.07, 6.45) is 7.53. The molecule has 0 bridgehead atoms. The average molecular weight is 300 g/mol. The maximum atomic E-state index is 6.33. The first-order chi connectivity index (χ1) is 10.7. The number of hydrogen-bond donors (Lipinski definition) is 0. The topological polar surface area (TPSA) is 36.3 Å². The van der Waals surface area contributed by atoms with Gasteiger partial charge in [-0.3, -0.25) is 0 Å². The quantitative estimate of drug-likeness (QED) is 0.821. The van der Waals surface area contributed by atoms with Gasteiger partial charge < -0.3 is 14.0 Å². The molecule has 4 heteroatoms. The number of rotatable bonds is 6. The third-order valence-electron chi connectivity index (χ3n) is 4.24. The molecule has 0 aliphatic carbocycles. The highest BCUT2D eigenvalue weighted by Crippen LogP contribution is 2.33. The van der Waals surface area contributed by atoms with Gasteiger partial charge in [-0.15, -0.1) is 0 Å². The van der Waals surface area contributed by atoms with Gasteiger partial charge in [0.05, 0.1) is 25.6 Å². The third-order valence-corrected chi connectivity index (χ3v) is 4.24. The van der Waals surface area contributed by atoms with Crippen molar-refractivity contribution in [2.75, 3.05) is 6.61 Å². The average Bonchev–Trinajstić information content (AvgIpc) is 3.17. The van der Waals surface area contributed by atoms with Crippen molar-refractivity contribution in [1.29, 1.82) is 0 Å². The molecule has 2 heterocycles. The van der Waals surface area contributed by atoms with Gasteiger partial charge in [-0.2, -0.15) is 0 Å². The molecule has 2 atom stereocenters. The SMILES string of the molecule is CC(C)C1COC(CCc2ccccc2)(Cn2ccnc2)O1. The molecule has 0 amide bonds. The Balaban J connectivity index is 1.72. The third kappa shape index (κ3) is 3.57. The minimum absolute atomic E-state index is 0.166. The number of nitrogens with zero attached hydrogens (tertiary/aromatic N) is 2. The summed E-state index contributed by atoms with van der Waals surface area (Å²) in [7, 11) is 0. The standard InChI is InChI=1S/C18H24N2O2/c1-15(2)17-12-21-18(22-17,13-20-11-10-19-14-20)9-8-16-6-4-3-5-7-16/h3-7,10-11,14-15,17H,8-9,12-13H2,1-2H3. The number of ether oxygens (including phenoxy) is 2. The van der Waals surface area contributed by atoms with Gasteiger partial charge in [0.1, 0.15) is 0 Å². The maximum Gasteiger partial charge on any atom is 0.187 e. The first-order valence-electron chi connectivity index (χ1n) is 7.98. The van der Waals surface area contributed by atoms with Gasteiger partial charge in [0, 0.05) is 18.8 Å². The second-order valence-electron chi connectivity index (χ2n) is 6.34. The fourth-order valence-electron chi connectivity index (χ4n) is 2.84. The van der Waals surface area contributed by atoms with Crippen molar-refractivity contribution in [2.24, 2.45) is 5.92 Å². The van der Waals surface area contributed by atoms with Crippen molar-refractivity contribution >= 4 is 0 Å². The van der Waals surface area contributed by atoms with Crippen LogP contribution >= 0.6 is 0 Å². The normalized spacial score (nSPS) is 25.0. The summed E-state index contributed by atoms with van der Waals surface area (Å²) in [5.41, 5.74) is 1.31. The Morgan fingerprint density at radius 1 is 1.32 bits per heavy atom. The molecule has 1 aromatic carbocycles. The molecular weight excluding hydrogens is 276 g/mol. The number of aryl methyl sites for hydroxylation is 1. The van der Waals surface area contributed by atoms with Crippen LogP contribution < -0.4 is 0 Å². The monoisotopic (exact) mass is 300 g/mol. The molecule has 3 rings (SSSR count). The molecule has 4 nitrogen and oxygen atoms in total. The van der Waals surface area contributed by atoms with Crippen LogP contribution in [-0.2, 0) is 22.4 Å². The van der Waals surface area contributed by atoms with Crippen molar-refractivity contribution in [3.8, 4) is 0 Å².